The summed E-state index contributed by atoms with van der Waals surface area (Å²) in [6.07, 6.45) is -2.65. The van der Waals surface area contributed by atoms with Crippen LogP contribution in [0.3, 0.4) is 0 Å². The SMILES string of the molecule is CC(C)(C)OCCn1cc(CCCO)c(C(F)(F)F)n1. The molecule has 0 amide bonds. The lowest BCUT2D eigenvalue weighted by molar-refractivity contribution is -0.142. The second-order valence-electron chi connectivity index (χ2n) is 5.55. The average Bonchev–Trinajstić information content (AvgIpc) is 2.67. The largest absolute Gasteiger partial charge is 0.435 e. The number of aliphatic hydroxyl groups is 1. The number of ether oxygens (including phenoxy) is 1. The van der Waals surface area contributed by atoms with E-state index in [1.807, 2.05) is 20.8 Å². The van der Waals surface area contributed by atoms with E-state index in [4.69, 9.17) is 9.84 Å². The highest BCUT2D eigenvalue weighted by Gasteiger charge is 2.36. The van der Waals surface area contributed by atoms with E-state index in [1.54, 1.807) is 0 Å². The number of nitrogens with zero attached hydrogens (tertiary/aromatic N) is 2. The molecule has 0 fully saturated rings. The van der Waals surface area contributed by atoms with Crippen LogP contribution >= 0.6 is 0 Å². The van der Waals surface area contributed by atoms with Gasteiger partial charge in [0.25, 0.3) is 0 Å². The second kappa shape index (κ2) is 6.58. The highest BCUT2D eigenvalue weighted by atomic mass is 19.4. The van der Waals surface area contributed by atoms with E-state index < -0.39 is 11.9 Å². The molecule has 0 aliphatic heterocycles. The van der Waals surface area contributed by atoms with Crippen LogP contribution in [0.4, 0.5) is 13.2 Å². The van der Waals surface area contributed by atoms with Gasteiger partial charge in [-0.2, -0.15) is 18.3 Å². The van der Waals surface area contributed by atoms with Crippen LogP contribution in [0.25, 0.3) is 0 Å². The van der Waals surface area contributed by atoms with Crippen molar-refractivity contribution in [3.63, 3.8) is 0 Å². The highest BCUT2D eigenvalue weighted by molar-refractivity contribution is 5.20. The highest BCUT2D eigenvalue weighted by Crippen LogP contribution is 2.31. The molecule has 0 aliphatic carbocycles. The molecular formula is C13H21F3N2O2. The molecule has 0 unspecified atom stereocenters. The van der Waals surface area contributed by atoms with Crippen LogP contribution in [0.5, 0.6) is 0 Å². The van der Waals surface area contributed by atoms with Crippen LogP contribution in [0.15, 0.2) is 6.20 Å². The van der Waals surface area contributed by atoms with Crippen molar-refractivity contribution in [1.29, 1.82) is 0 Å². The number of alkyl halides is 3. The van der Waals surface area contributed by atoms with Gasteiger partial charge in [0.15, 0.2) is 5.69 Å². The summed E-state index contributed by atoms with van der Waals surface area (Å²) in [5.74, 6) is 0. The summed E-state index contributed by atoms with van der Waals surface area (Å²) in [6.45, 7) is 6.05. The normalized spacial score (nSPS) is 12.9. The van der Waals surface area contributed by atoms with Crippen molar-refractivity contribution < 1.29 is 23.0 Å². The molecule has 0 saturated heterocycles. The van der Waals surface area contributed by atoms with Crippen molar-refractivity contribution in [2.24, 2.45) is 0 Å². The topological polar surface area (TPSA) is 47.3 Å². The van der Waals surface area contributed by atoms with Gasteiger partial charge in [-0.25, -0.2) is 0 Å². The van der Waals surface area contributed by atoms with Gasteiger partial charge in [-0.3, -0.25) is 4.68 Å². The first-order valence-electron chi connectivity index (χ1n) is 6.52. The fraction of sp³-hybridized carbons (Fsp3) is 0.769. The molecule has 7 heteroatoms. The Morgan fingerprint density at radius 2 is 1.95 bits per heavy atom. The lowest BCUT2D eigenvalue weighted by atomic mass is 10.1. The third-order valence-corrected chi connectivity index (χ3v) is 2.57. The number of aryl methyl sites for hydroxylation is 1. The number of halogens is 3. The van der Waals surface area contributed by atoms with E-state index in [2.05, 4.69) is 5.10 Å². The molecule has 116 valence electrons. The van der Waals surface area contributed by atoms with Gasteiger partial charge < -0.3 is 9.84 Å². The third-order valence-electron chi connectivity index (χ3n) is 2.57. The molecule has 20 heavy (non-hydrogen) atoms. The first-order valence-corrected chi connectivity index (χ1v) is 6.52. The van der Waals surface area contributed by atoms with Crippen LogP contribution in [-0.4, -0.2) is 33.7 Å². The van der Waals surface area contributed by atoms with Gasteiger partial charge in [0, 0.05) is 18.4 Å². The lowest BCUT2D eigenvalue weighted by Crippen LogP contribution is -2.22. The van der Waals surface area contributed by atoms with E-state index in [0.29, 0.717) is 6.61 Å². The van der Waals surface area contributed by atoms with Gasteiger partial charge in [0.1, 0.15) is 0 Å². The zero-order chi connectivity index (χ0) is 15.4. The first-order chi connectivity index (χ1) is 9.13. The Morgan fingerprint density at radius 1 is 1.30 bits per heavy atom. The Bertz CT molecular complexity index is 422. The van der Waals surface area contributed by atoms with E-state index in [1.165, 1.54) is 10.9 Å². The number of aromatic nitrogens is 2. The van der Waals surface area contributed by atoms with E-state index >= 15 is 0 Å². The summed E-state index contributed by atoms with van der Waals surface area (Å²) in [5, 5.41) is 12.3. The van der Waals surface area contributed by atoms with Gasteiger partial charge in [0.2, 0.25) is 0 Å². The fourth-order valence-electron chi connectivity index (χ4n) is 1.71. The van der Waals surface area contributed by atoms with Crippen LogP contribution < -0.4 is 0 Å². The van der Waals surface area contributed by atoms with E-state index in [-0.39, 0.29) is 37.2 Å². The Morgan fingerprint density at radius 3 is 2.45 bits per heavy atom. The predicted molar refractivity (Wildman–Crippen MR) is 68.3 cm³/mol. The van der Waals surface area contributed by atoms with E-state index in [0.717, 1.165) is 0 Å². The number of rotatable bonds is 6. The monoisotopic (exact) mass is 294 g/mol. The minimum absolute atomic E-state index is 0.113. The van der Waals surface area contributed by atoms with Crippen molar-refractivity contribution in [1.82, 2.24) is 9.78 Å². The smallest absolute Gasteiger partial charge is 0.396 e. The average molecular weight is 294 g/mol. The summed E-state index contributed by atoms with van der Waals surface area (Å²) < 4.78 is 45.2. The Kier molecular flexibility index (Phi) is 5.59. The lowest BCUT2D eigenvalue weighted by Gasteiger charge is -2.19. The van der Waals surface area contributed by atoms with Gasteiger partial charge in [-0.1, -0.05) is 0 Å². The molecule has 1 rings (SSSR count). The molecule has 1 aromatic heterocycles. The molecular weight excluding hydrogens is 273 g/mol. The second-order valence-corrected chi connectivity index (χ2v) is 5.55. The third kappa shape index (κ3) is 5.50. The molecule has 0 atom stereocenters. The van der Waals surface area contributed by atoms with Crippen molar-refractivity contribution in [3.05, 3.63) is 17.5 Å². The number of aliphatic hydroxyl groups excluding tert-OH is 1. The maximum absolute atomic E-state index is 12.8. The first kappa shape index (κ1) is 17.0. The van der Waals surface area contributed by atoms with Crippen molar-refractivity contribution in [2.75, 3.05) is 13.2 Å². The molecule has 0 saturated carbocycles. The number of hydrogen-bond acceptors (Lipinski definition) is 3. The van der Waals surface area contributed by atoms with Crippen molar-refractivity contribution in [3.8, 4) is 0 Å². The quantitative estimate of drug-likeness (QED) is 0.877. The van der Waals surface area contributed by atoms with E-state index in [9.17, 15) is 13.2 Å². The molecule has 0 radical (unpaired) electrons. The standard InChI is InChI=1S/C13H21F3N2O2/c1-12(2,3)20-8-6-18-9-10(5-4-7-19)11(17-18)13(14,15)16/h9,19H,4-8H2,1-3H3. The van der Waals surface area contributed by atoms with Crippen LogP contribution in [-0.2, 0) is 23.9 Å². The Balaban J connectivity index is 2.75. The molecule has 0 spiro atoms. The summed E-state index contributed by atoms with van der Waals surface area (Å²) in [4.78, 5) is 0. The zero-order valence-corrected chi connectivity index (χ0v) is 12.0. The zero-order valence-electron chi connectivity index (χ0n) is 12.0. The summed E-state index contributed by atoms with van der Waals surface area (Å²) >= 11 is 0. The van der Waals surface area contributed by atoms with Gasteiger partial charge >= 0.3 is 6.18 Å². The summed E-state index contributed by atoms with van der Waals surface area (Å²) in [5.41, 5.74) is -1.09. The molecule has 0 aliphatic rings. The predicted octanol–water partition coefficient (Wildman–Crippen LogP) is 2.64. The van der Waals surface area contributed by atoms with Crippen LogP contribution in [0.1, 0.15) is 38.4 Å². The maximum Gasteiger partial charge on any atom is 0.435 e. The van der Waals surface area contributed by atoms with Crippen LogP contribution in [0, 0.1) is 0 Å². The molecule has 1 aromatic rings. The van der Waals surface area contributed by atoms with Crippen molar-refractivity contribution >= 4 is 0 Å². The molecule has 1 N–H and O–H groups in total. The molecule has 0 aromatic carbocycles. The van der Waals surface area contributed by atoms with Crippen LogP contribution in [0.2, 0.25) is 0 Å². The molecule has 1 heterocycles. The molecule has 4 nitrogen and oxygen atoms in total. The minimum Gasteiger partial charge on any atom is -0.396 e. The van der Waals surface area contributed by atoms with Gasteiger partial charge in [-0.05, 0) is 33.6 Å². The minimum atomic E-state index is -4.47. The summed E-state index contributed by atoms with van der Waals surface area (Å²) in [6, 6.07) is 0. The summed E-state index contributed by atoms with van der Waals surface area (Å²) in [7, 11) is 0. The Hall–Kier alpha value is -1.08. The maximum atomic E-state index is 12.8. The van der Waals surface area contributed by atoms with Crippen molar-refractivity contribution in [2.45, 2.75) is 51.9 Å². The number of hydrogen-bond donors (Lipinski definition) is 1. The van der Waals surface area contributed by atoms with Gasteiger partial charge in [-0.15, -0.1) is 0 Å². The molecule has 0 bridgehead atoms. The fourth-order valence-corrected chi connectivity index (χ4v) is 1.71. The Labute approximate surface area is 116 Å². The van der Waals surface area contributed by atoms with Gasteiger partial charge in [0.05, 0.1) is 18.8 Å².